The largest absolute Gasteiger partial charge is 0.337 e. The van der Waals surface area contributed by atoms with Gasteiger partial charge in [0.05, 0.1) is 0 Å². The van der Waals surface area contributed by atoms with Gasteiger partial charge >= 0.3 is 0 Å². The first kappa shape index (κ1) is 19.1. The van der Waals surface area contributed by atoms with E-state index in [1.165, 1.54) is 17.7 Å². The van der Waals surface area contributed by atoms with Crippen molar-refractivity contribution >= 4 is 21.8 Å². The molecule has 0 aromatic heterocycles. The predicted molar refractivity (Wildman–Crippen MR) is 105 cm³/mol. The number of hydrogen-bond donors (Lipinski definition) is 0. The zero-order valence-electron chi connectivity index (χ0n) is 15.2. The maximum Gasteiger partial charge on any atom is 0.226 e. The number of rotatable bonds is 7. The van der Waals surface area contributed by atoms with Crippen molar-refractivity contribution in [2.45, 2.75) is 18.9 Å². The van der Waals surface area contributed by atoms with Crippen LogP contribution in [0.15, 0.2) is 53.0 Å². The van der Waals surface area contributed by atoms with Gasteiger partial charge in [0.2, 0.25) is 5.91 Å². The molecule has 3 rings (SSSR count). The van der Waals surface area contributed by atoms with Gasteiger partial charge in [0.1, 0.15) is 5.82 Å². The summed E-state index contributed by atoms with van der Waals surface area (Å²) in [6, 6.07) is 14.6. The van der Waals surface area contributed by atoms with Gasteiger partial charge in [-0.05, 0) is 61.8 Å². The van der Waals surface area contributed by atoms with Crippen molar-refractivity contribution < 1.29 is 9.18 Å². The number of carbonyl (C=O) groups excluding carboxylic acids is 1. The van der Waals surface area contributed by atoms with E-state index < -0.39 is 0 Å². The van der Waals surface area contributed by atoms with Gasteiger partial charge in [0.25, 0.3) is 0 Å². The van der Waals surface area contributed by atoms with Crippen molar-refractivity contribution in [2.75, 3.05) is 27.2 Å². The van der Waals surface area contributed by atoms with E-state index in [1.807, 2.05) is 31.1 Å². The standard InChI is InChI=1S/C21H24BrFN2O/c1-24(2)11-12-25(14-15-3-9-18(23)10-4-15)21(26)20-13-19(20)16-5-7-17(22)8-6-16/h3-10,19-20H,11-14H2,1-2H3. The minimum absolute atomic E-state index is 0.0544. The molecule has 0 bridgehead atoms. The molecular formula is C21H24BrFN2O. The molecule has 1 amide bonds. The molecule has 5 heteroatoms. The second-order valence-electron chi connectivity index (χ2n) is 7.19. The molecule has 0 aliphatic heterocycles. The summed E-state index contributed by atoms with van der Waals surface area (Å²) in [4.78, 5) is 17.1. The average Bonchev–Trinajstić information content (AvgIpc) is 3.41. The van der Waals surface area contributed by atoms with Crippen molar-refractivity contribution in [3.63, 3.8) is 0 Å². The van der Waals surface area contributed by atoms with Crippen LogP contribution in [0.1, 0.15) is 23.5 Å². The molecule has 26 heavy (non-hydrogen) atoms. The summed E-state index contributed by atoms with van der Waals surface area (Å²) >= 11 is 3.45. The van der Waals surface area contributed by atoms with Gasteiger partial charge < -0.3 is 9.80 Å². The van der Waals surface area contributed by atoms with E-state index in [4.69, 9.17) is 0 Å². The molecule has 0 heterocycles. The topological polar surface area (TPSA) is 23.6 Å². The Bertz CT molecular complexity index is 746. The number of halogens is 2. The molecular weight excluding hydrogens is 395 g/mol. The normalized spacial score (nSPS) is 18.8. The highest BCUT2D eigenvalue weighted by Gasteiger charge is 2.45. The van der Waals surface area contributed by atoms with Crippen LogP contribution < -0.4 is 0 Å². The van der Waals surface area contributed by atoms with E-state index in [2.05, 4.69) is 33.0 Å². The summed E-state index contributed by atoms with van der Waals surface area (Å²) < 4.78 is 14.2. The van der Waals surface area contributed by atoms with Gasteiger partial charge in [-0.3, -0.25) is 4.79 Å². The number of amides is 1. The van der Waals surface area contributed by atoms with E-state index in [9.17, 15) is 9.18 Å². The molecule has 0 N–H and O–H groups in total. The second kappa shape index (κ2) is 8.31. The van der Waals surface area contributed by atoms with Crippen LogP contribution in [-0.2, 0) is 11.3 Å². The minimum atomic E-state index is -0.252. The third-order valence-corrected chi connectivity index (χ3v) is 5.35. The second-order valence-corrected chi connectivity index (χ2v) is 8.11. The number of carbonyl (C=O) groups is 1. The summed E-state index contributed by atoms with van der Waals surface area (Å²) in [5, 5.41) is 0. The lowest BCUT2D eigenvalue weighted by atomic mass is 10.1. The molecule has 2 atom stereocenters. The number of nitrogens with zero attached hydrogens (tertiary/aromatic N) is 2. The Morgan fingerprint density at radius 2 is 1.73 bits per heavy atom. The van der Waals surface area contributed by atoms with Gasteiger partial charge in [-0.25, -0.2) is 4.39 Å². The van der Waals surface area contributed by atoms with E-state index in [1.54, 1.807) is 12.1 Å². The Kier molecular flexibility index (Phi) is 6.09. The van der Waals surface area contributed by atoms with Crippen molar-refractivity contribution in [3.05, 3.63) is 69.9 Å². The summed E-state index contributed by atoms with van der Waals surface area (Å²) in [7, 11) is 4.00. The molecule has 0 spiro atoms. The zero-order chi connectivity index (χ0) is 18.7. The third-order valence-electron chi connectivity index (χ3n) is 4.82. The summed E-state index contributed by atoms with van der Waals surface area (Å²) in [5.74, 6) is 0.311. The van der Waals surface area contributed by atoms with Gasteiger partial charge in [0.15, 0.2) is 0 Å². The Labute approximate surface area is 162 Å². The fraction of sp³-hybridized carbons (Fsp3) is 0.381. The molecule has 2 aromatic rings. The van der Waals surface area contributed by atoms with Crippen LogP contribution in [0.25, 0.3) is 0 Å². The fourth-order valence-corrected chi connectivity index (χ4v) is 3.44. The third kappa shape index (κ3) is 4.92. The molecule has 1 aliphatic carbocycles. The zero-order valence-corrected chi connectivity index (χ0v) is 16.7. The van der Waals surface area contributed by atoms with Crippen LogP contribution in [0, 0.1) is 11.7 Å². The lowest BCUT2D eigenvalue weighted by Gasteiger charge is -2.25. The Hall–Kier alpha value is -1.72. The molecule has 3 nitrogen and oxygen atoms in total. The van der Waals surface area contributed by atoms with Crippen molar-refractivity contribution in [1.29, 1.82) is 0 Å². The Balaban J connectivity index is 1.68. The number of likely N-dealkylation sites (N-methyl/N-ethyl adjacent to an activating group) is 1. The van der Waals surface area contributed by atoms with Crippen molar-refractivity contribution in [1.82, 2.24) is 9.80 Å². The van der Waals surface area contributed by atoms with Crippen LogP contribution >= 0.6 is 15.9 Å². The van der Waals surface area contributed by atoms with Crippen molar-refractivity contribution in [2.24, 2.45) is 5.92 Å². The van der Waals surface area contributed by atoms with Crippen molar-refractivity contribution in [3.8, 4) is 0 Å². The lowest BCUT2D eigenvalue weighted by Crippen LogP contribution is -2.37. The van der Waals surface area contributed by atoms with Crippen LogP contribution in [0.5, 0.6) is 0 Å². The molecule has 1 saturated carbocycles. The maximum absolute atomic E-state index is 13.2. The number of hydrogen-bond acceptors (Lipinski definition) is 2. The molecule has 1 fully saturated rings. The van der Waals surface area contributed by atoms with Gasteiger partial charge in [-0.2, -0.15) is 0 Å². The molecule has 0 radical (unpaired) electrons. The van der Waals surface area contributed by atoms with Gasteiger partial charge in [-0.15, -0.1) is 0 Å². The van der Waals surface area contributed by atoms with Gasteiger partial charge in [-0.1, -0.05) is 40.2 Å². The van der Waals surface area contributed by atoms with E-state index in [-0.39, 0.29) is 17.6 Å². The molecule has 0 saturated heterocycles. The minimum Gasteiger partial charge on any atom is -0.337 e. The van der Waals surface area contributed by atoms with Crippen LogP contribution in [0.4, 0.5) is 4.39 Å². The summed E-state index contributed by atoms with van der Waals surface area (Å²) in [6.07, 6.45) is 0.905. The quantitative estimate of drug-likeness (QED) is 0.669. The predicted octanol–water partition coefficient (Wildman–Crippen LogP) is 4.28. The fourth-order valence-electron chi connectivity index (χ4n) is 3.18. The highest BCUT2D eigenvalue weighted by molar-refractivity contribution is 9.10. The van der Waals surface area contributed by atoms with E-state index in [0.29, 0.717) is 19.0 Å². The monoisotopic (exact) mass is 418 g/mol. The first-order valence-corrected chi connectivity index (χ1v) is 9.67. The molecule has 2 unspecified atom stereocenters. The van der Waals surface area contributed by atoms with E-state index in [0.717, 1.165) is 23.0 Å². The number of benzene rings is 2. The highest BCUT2D eigenvalue weighted by Crippen LogP contribution is 2.48. The van der Waals surface area contributed by atoms with Crippen LogP contribution in [0.2, 0.25) is 0 Å². The smallest absolute Gasteiger partial charge is 0.226 e. The molecule has 138 valence electrons. The Morgan fingerprint density at radius 3 is 2.35 bits per heavy atom. The molecule has 1 aliphatic rings. The van der Waals surface area contributed by atoms with E-state index >= 15 is 0 Å². The SMILES string of the molecule is CN(C)CCN(Cc1ccc(F)cc1)C(=O)C1CC1c1ccc(Br)cc1. The Morgan fingerprint density at radius 1 is 1.08 bits per heavy atom. The highest BCUT2D eigenvalue weighted by atomic mass is 79.9. The maximum atomic E-state index is 13.2. The van der Waals surface area contributed by atoms with Crippen LogP contribution in [0.3, 0.4) is 0 Å². The first-order chi connectivity index (χ1) is 12.4. The molecule has 2 aromatic carbocycles. The average molecular weight is 419 g/mol. The summed E-state index contributed by atoms with van der Waals surface area (Å²) in [5.41, 5.74) is 2.18. The summed E-state index contributed by atoms with van der Waals surface area (Å²) in [6.45, 7) is 2.01. The van der Waals surface area contributed by atoms with Crippen LogP contribution in [-0.4, -0.2) is 42.9 Å². The lowest BCUT2D eigenvalue weighted by molar-refractivity contribution is -0.133. The first-order valence-electron chi connectivity index (χ1n) is 8.87. The van der Waals surface area contributed by atoms with Gasteiger partial charge in [0, 0.05) is 30.0 Å².